The average Bonchev–Trinajstić information content (AvgIpc) is 2.67. The molecule has 0 bridgehead atoms. The van der Waals surface area contributed by atoms with Crippen LogP contribution in [0.25, 0.3) is 0 Å². The van der Waals surface area contributed by atoms with Crippen LogP contribution in [-0.2, 0) is 12.8 Å². The van der Waals surface area contributed by atoms with Crippen LogP contribution >= 0.6 is 0 Å². The highest BCUT2D eigenvalue weighted by atomic mass is 19.4. The highest BCUT2D eigenvalue weighted by Crippen LogP contribution is 2.35. The van der Waals surface area contributed by atoms with E-state index in [0.717, 1.165) is 0 Å². The largest absolute Gasteiger partial charge is 0.472 e. The van der Waals surface area contributed by atoms with Gasteiger partial charge in [-0.15, -0.1) is 0 Å². The third kappa shape index (κ3) is 4.52. The van der Waals surface area contributed by atoms with E-state index >= 15 is 0 Å². The molecule has 27 heavy (non-hydrogen) atoms. The topological polar surface area (TPSA) is 70.8 Å². The van der Waals surface area contributed by atoms with Gasteiger partial charge in [-0.2, -0.15) is 23.4 Å². The summed E-state index contributed by atoms with van der Waals surface area (Å²) in [5.41, 5.74) is 0.327. The lowest BCUT2D eigenvalue weighted by Crippen LogP contribution is -2.12. The summed E-state index contributed by atoms with van der Waals surface area (Å²) < 4.78 is 45.0. The van der Waals surface area contributed by atoms with Gasteiger partial charge in [0.25, 0.3) is 0 Å². The summed E-state index contributed by atoms with van der Waals surface area (Å²) in [4.78, 5) is 7.55. The molecule has 8 heteroatoms. The van der Waals surface area contributed by atoms with Crippen molar-refractivity contribution in [1.82, 2.24) is 9.97 Å². The summed E-state index contributed by atoms with van der Waals surface area (Å²) >= 11 is 0. The first kappa shape index (κ1) is 18.2. The molecule has 0 saturated carbocycles. The van der Waals surface area contributed by atoms with E-state index in [0.29, 0.717) is 23.0 Å². The number of alkyl halides is 3. The molecule has 3 rings (SSSR count). The second-order valence-electron chi connectivity index (χ2n) is 5.47. The number of benzene rings is 2. The number of aromatic nitrogens is 2. The Kier molecular flexibility index (Phi) is 5.22. The van der Waals surface area contributed by atoms with E-state index in [1.165, 1.54) is 0 Å². The minimum absolute atomic E-state index is 0.0743. The van der Waals surface area contributed by atoms with Gasteiger partial charge in [-0.25, -0.2) is 4.98 Å². The van der Waals surface area contributed by atoms with E-state index < -0.39 is 17.6 Å². The van der Waals surface area contributed by atoms with Crippen LogP contribution in [0.15, 0.2) is 60.8 Å². The number of rotatable bonds is 5. The Morgan fingerprint density at radius 3 is 2.44 bits per heavy atom. The molecule has 0 unspecified atom stereocenters. The number of nitriles is 1. The highest BCUT2D eigenvalue weighted by molar-refractivity contribution is 5.63. The predicted octanol–water partition coefficient (Wildman–Crippen LogP) is 4.69. The quantitative estimate of drug-likeness (QED) is 0.706. The fourth-order valence-electron chi connectivity index (χ4n) is 2.27. The number of para-hydroxylation sites is 1. The molecule has 0 saturated heterocycles. The van der Waals surface area contributed by atoms with Crippen LogP contribution in [0.3, 0.4) is 0 Å². The minimum atomic E-state index is -4.66. The maximum Gasteiger partial charge on any atom is 0.423 e. The summed E-state index contributed by atoms with van der Waals surface area (Å²) in [5, 5.41) is 11.9. The van der Waals surface area contributed by atoms with Crippen molar-refractivity contribution in [2.24, 2.45) is 0 Å². The molecule has 1 aromatic heterocycles. The van der Waals surface area contributed by atoms with E-state index in [1.807, 2.05) is 6.07 Å². The van der Waals surface area contributed by atoms with Gasteiger partial charge in [-0.3, -0.25) is 0 Å². The van der Waals surface area contributed by atoms with Crippen molar-refractivity contribution in [2.45, 2.75) is 12.8 Å². The van der Waals surface area contributed by atoms with Gasteiger partial charge >= 0.3 is 6.18 Å². The number of nitrogens with one attached hydrogen (secondary N) is 1. The first-order chi connectivity index (χ1) is 13.0. The van der Waals surface area contributed by atoms with Crippen LogP contribution < -0.4 is 10.1 Å². The Balaban J connectivity index is 1.89. The Morgan fingerprint density at radius 2 is 1.74 bits per heavy atom. The van der Waals surface area contributed by atoms with Gasteiger partial charge in [0.1, 0.15) is 18.2 Å². The molecule has 0 amide bonds. The van der Waals surface area contributed by atoms with Crippen molar-refractivity contribution >= 4 is 11.6 Å². The lowest BCUT2D eigenvalue weighted by atomic mass is 10.2. The molecule has 0 radical (unpaired) electrons. The van der Waals surface area contributed by atoms with Gasteiger partial charge in [-0.05, 0) is 17.7 Å². The maximum absolute atomic E-state index is 13.2. The van der Waals surface area contributed by atoms with E-state index in [9.17, 15) is 13.2 Å². The van der Waals surface area contributed by atoms with Crippen molar-refractivity contribution in [3.05, 3.63) is 77.5 Å². The minimum Gasteiger partial charge on any atom is -0.472 e. The molecule has 1 N–H and O–H groups in total. The van der Waals surface area contributed by atoms with Gasteiger partial charge < -0.3 is 10.1 Å². The zero-order valence-corrected chi connectivity index (χ0v) is 13.9. The van der Waals surface area contributed by atoms with E-state index in [-0.39, 0.29) is 12.6 Å². The fourth-order valence-corrected chi connectivity index (χ4v) is 2.27. The number of hydrogen-bond acceptors (Lipinski definition) is 5. The van der Waals surface area contributed by atoms with E-state index in [4.69, 9.17) is 10.00 Å². The van der Waals surface area contributed by atoms with Crippen molar-refractivity contribution in [2.75, 3.05) is 5.32 Å². The molecular formula is C19H13F3N4O. The van der Waals surface area contributed by atoms with Gasteiger partial charge in [0.15, 0.2) is 0 Å². The molecule has 0 aliphatic rings. The van der Waals surface area contributed by atoms with Gasteiger partial charge in [0.05, 0.1) is 11.3 Å². The van der Waals surface area contributed by atoms with Crippen molar-refractivity contribution in [3.8, 4) is 11.9 Å². The highest BCUT2D eigenvalue weighted by Gasteiger charge is 2.36. The molecule has 5 nitrogen and oxygen atoms in total. The lowest BCUT2D eigenvalue weighted by Gasteiger charge is -2.14. The van der Waals surface area contributed by atoms with Crippen LogP contribution in [0.5, 0.6) is 5.88 Å². The molecule has 136 valence electrons. The number of nitrogens with zero attached hydrogens (tertiary/aromatic N) is 3. The summed E-state index contributed by atoms with van der Waals surface area (Å²) in [6.07, 6.45) is -4.00. The summed E-state index contributed by atoms with van der Waals surface area (Å²) in [6.45, 7) is -0.0743. The van der Waals surface area contributed by atoms with Crippen molar-refractivity contribution in [3.63, 3.8) is 0 Å². The molecule has 3 aromatic rings. The molecule has 0 aliphatic heterocycles. The van der Waals surface area contributed by atoms with Crippen LogP contribution in [0.4, 0.5) is 24.8 Å². The Bertz CT molecular complexity index is 969. The molecule has 0 atom stereocenters. The first-order valence-electron chi connectivity index (χ1n) is 7.84. The third-order valence-corrected chi connectivity index (χ3v) is 3.57. The standard InChI is InChI=1S/C19H13F3N4O/c20-19(21,22)15-11-24-18(25-16-9-5-4-8-14(16)10-23)26-17(15)27-12-13-6-2-1-3-7-13/h1-9,11H,12H2,(H,24,25,26). The first-order valence-corrected chi connectivity index (χ1v) is 7.84. The normalized spacial score (nSPS) is 10.9. The van der Waals surface area contributed by atoms with E-state index in [2.05, 4.69) is 15.3 Å². The number of ether oxygens (including phenoxy) is 1. The number of halogens is 3. The van der Waals surface area contributed by atoms with Crippen LogP contribution in [0, 0.1) is 11.3 Å². The molecule has 1 heterocycles. The summed E-state index contributed by atoms with van der Waals surface area (Å²) in [7, 11) is 0. The smallest absolute Gasteiger partial charge is 0.423 e. The van der Waals surface area contributed by atoms with E-state index in [1.54, 1.807) is 54.6 Å². The molecule has 0 fully saturated rings. The lowest BCUT2D eigenvalue weighted by molar-refractivity contribution is -0.139. The summed E-state index contributed by atoms with van der Waals surface area (Å²) in [6, 6.07) is 17.3. The zero-order valence-electron chi connectivity index (χ0n) is 13.9. The molecule has 0 aliphatic carbocycles. The second-order valence-corrected chi connectivity index (χ2v) is 5.47. The van der Waals surface area contributed by atoms with Crippen LogP contribution in [-0.4, -0.2) is 9.97 Å². The average molecular weight is 370 g/mol. The summed E-state index contributed by atoms with van der Waals surface area (Å²) in [5.74, 6) is -0.688. The number of anilines is 2. The fraction of sp³-hybridized carbons (Fsp3) is 0.105. The predicted molar refractivity (Wildman–Crippen MR) is 92.2 cm³/mol. The Morgan fingerprint density at radius 1 is 1.04 bits per heavy atom. The Labute approximate surface area is 153 Å². The van der Waals surface area contributed by atoms with Crippen molar-refractivity contribution in [1.29, 1.82) is 5.26 Å². The SMILES string of the molecule is N#Cc1ccccc1Nc1ncc(C(F)(F)F)c(OCc2ccccc2)n1. The van der Waals surface area contributed by atoms with Crippen LogP contribution in [0.2, 0.25) is 0 Å². The van der Waals surface area contributed by atoms with Gasteiger partial charge in [0, 0.05) is 6.20 Å². The zero-order chi connectivity index (χ0) is 19.3. The molecular weight excluding hydrogens is 357 g/mol. The monoisotopic (exact) mass is 370 g/mol. The van der Waals surface area contributed by atoms with Gasteiger partial charge in [0.2, 0.25) is 11.8 Å². The Hall–Kier alpha value is -3.60. The molecule has 0 spiro atoms. The van der Waals surface area contributed by atoms with Crippen molar-refractivity contribution < 1.29 is 17.9 Å². The van der Waals surface area contributed by atoms with Crippen LogP contribution in [0.1, 0.15) is 16.7 Å². The third-order valence-electron chi connectivity index (χ3n) is 3.57. The molecule has 2 aromatic carbocycles. The maximum atomic E-state index is 13.2. The number of hydrogen-bond donors (Lipinski definition) is 1. The van der Waals surface area contributed by atoms with Gasteiger partial charge in [-0.1, -0.05) is 42.5 Å². The second kappa shape index (κ2) is 7.74.